The zero-order valence-corrected chi connectivity index (χ0v) is 21.8. The number of aliphatic hydroxyl groups is 1. The average Bonchev–Trinajstić information content (AvgIpc) is 2.95. The predicted molar refractivity (Wildman–Crippen MR) is 146 cm³/mol. The molecule has 0 spiro atoms. The van der Waals surface area contributed by atoms with Gasteiger partial charge in [0.15, 0.2) is 11.5 Å². The number of carbonyl (C=O) groups is 1. The Bertz CT molecular complexity index is 1350. The van der Waals surface area contributed by atoms with E-state index in [9.17, 15) is 15.0 Å². The first-order valence-electron chi connectivity index (χ1n) is 12.8. The third-order valence-electron chi connectivity index (χ3n) is 7.75. The number of phenolic OH excluding ortho intramolecular Hbond substituents is 3. The van der Waals surface area contributed by atoms with E-state index in [2.05, 4.69) is 22.5 Å². The molecule has 1 aromatic heterocycles. The Labute approximate surface area is 226 Å². The van der Waals surface area contributed by atoms with Crippen molar-refractivity contribution in [3.05, 3.63) is 66.4 Å². The van der Waals surface area contributed by atoms with Gasteiger partial charge in [-0.15, -0.1) is 6.58 Å². The van der Waals surface area contributed by atoms with Crippen LogP contribution < -0.4 is 10.5 Å². The van der Waals surface area contributed by atoms with Crippen molar-refractivity contribution in [3.63, 3.8) is 0 Å². The molecule has 10 heteroatoms. The Morgan fingerprint density at radius 2 is 1.95 bits per heavy atom. The third-order valence-corrected chi connectivity index (χ3v) is 7.75. The number of hydrogen-bond donors (Lipinski definition) is 6. The van der Waals surface area contributed by atoms with Crippen LogP contribution >= 0.6 is 0 Å². The highest BCUT2D eigenvalue weighted by Crippen LogP contribution is 2.42. The second-order valence-corrected chi connectivity index (χ2v) is 10.1. The first-order chi connectivity index (χ1) is 18.6. The first kappa shape index (κ1) is 28.2. The zero-order valence-electron chi connectivity index (χ0n) is 21.8. The van der Waals surface area contributed by atoms with Gasteiger partial charge in [0.2, 0.25) is 0 Å². The number of aromatic hydroxyl groups is 3. The molecule has 4 heterocycles. The highest BCUT2D eigenvalue weighted by molar-refractivity contribution is 5.84. The monoisotopic (exact) mass is 537 g/mol. The zero-order chi connectivity index (χ0) is 28.3. The van der Waals surface area contributed by atoms with E-state index in [1.54, 1.807) is 13.3 Å². The quantitative estimate of drug-likeness (QED) is 0.150. The van der Waals surface area contributed by atoms with Crippen molar-refractivity contribution < 1.29 is 35.1 Å². The number of aliphatic carboxylic acids is 1. The van der Waals surface area contributed by atoms with E-state index in [1.165, 1.54) is 6.42 Å². The number of methoxy groups -OCH3 is 1. The fourth-order valence-electron chi connectivity index (χ4n) is 5.54. The normalized spacial score (nSPS) is 23.4. The molecule has 6 atom stereocenters. The smallest absolute Gasteiger partial charge is 0.320 e. The summed E-state index contributed by atoms with van der Waals surface area (Å²) < 4.78 is 5.35. The molecule has 0 radical (unpaired) electrons. The van der Waals surface area contributed by atoms with E-state index in [0.717, 1.165) is 53.9 Å². The number of benzene rings is 2. The molecule has 0 aliphatic carbocycles. The number of phenols is 3. The lowest BCUT2D eigenvalue weighted by Gasteiger charge is -2.50. The molecule has 2 bridgehead atoms. The topological polar surface area (TPSA) is 170 Å². The van der Waals surface area contributed by atoms with Gasteiger partial charge in [-0.1, -0.05) is 6.08 Å². The first-order valence-corrected chi connectivity index (χ1v) is 12.8. The summed E-state index contributed by atoms with van der Waals surface area (Å²) in [5.74, 6) is -0.406. The van der Waals surface area contributed by atoms with Gasteiger partial charge in [-0.05, 0) is 72.7 Å². The number of rotatable bonds is 7. The van der Waals surface area contributed by atoms with Crippen molar-refractivity contribution in [1.29, 1.82) is 0 Å². The summed E-state index contributed by atoms with van der Waals surface area (Å²) in [5, 5.41) is 48.1. The highest BCUT2D eigenvalue weighted by atomic mass is 16.5. The largest absolute Gasteiger partial charge is 0.508 e. The van der Waals surface area contributed by atoms with E-state index < -0.39 is 29.6 Å². The van der Waals surface area contributed by atoms with Gasteiger partial charge in [0.1, 0.15) is 17.5 Å². The molecule has 6 rings (SSSR count). The second-order valence-electron chi connectivity index (χ2n) is 10.1. The van der Waals surface area contributed by atoms with Crippen molar-refractivity contribution in [2.45, 2.75) is 37.5 Å². The summed E-state index contributed by atoms with van der Waals surface area (Å²) in [4.78, 5) is 17.3. The molecule has 208 valence electrons. The maximum atomic E-state index is 11.2. The van der Waals surface area contributed by atoms with E-state index in [4.69, 9.17) is 25.8 Å². The Morgan fingerprint density at radius 3 is 2.59 bits per heavy atom. The molecule has 7 N–H and O–H groups in total. The van der Waals surface area contributed by atoms with Gasteiger partial charge in [0.05, 0.1) is 18.7 Å². The number of carboxylic acids is 1. The number of piperidine rings is 3. The van der Waals surface area contributed by atoms with Crippen LogP contribution in [0.15, 0.2) is 55.3 Å². The Morgan fingerprint density at radius 1 is 1.21 bits per heavy atom. The van der Waals surface area contributed by atoms with Crippen LogP contribution in [0.2, 0.25) is 0 Å². The Balaban J connectivity index is 0.000000204. The number of nitrogens with zero attached hydrogens (tertiary/aromatic N) is 2. The maximum Gasteiger partial charge on any atom is 0.320 e. The molecule has 0 amide bonds. The molecule has 3 aliphatic rings. The van der Waals surface area contributed by atoms with Gasteiger partial charge in [-0.25, -0.2) is 0 Å². The molecule has 3 fully saturated rings. The Hall–Kier alpha value is -3.86. The molecule has 2 aromatic carbocycles. The highest BCUT2D eigenvalue weighted by Gasteiger charge is 2.42. The summed E-state index contributed by atoms with van der Waals surface area (Å²) in [6, 6.07) is 8.80. The number of fused-ring (bicyclic) bond motifs is 4. The van der Waals surface area contributed by atoms with Crippen LogP contribution in [0, 0.1) is 11.8 Å². The van der Waals surface area contributed by atoms with Gasteiger partial charge in [0.25, 0.3) is 0 Å². The van der Waals surface area contributed by atoms with Crippen molar-refractivity contribution in [1.82, 2.24) is 9.88 Å². The number of carboxylic acid groups (broad SMARTS) is 1. The van der Waals surface area contributed by atoms with Crippen molar-refractivity contribution in [2.75, 3.05) is 20.2 Å². The van der Waals surface area contributed by atoms with Crippen molar-refractivity contribution in [2.24, 2.45) is 17.6 Å². The van der Waals surface area contributed by atoms with Gasteiger partial charge in [0, 0.05) is 36.7 Å². The Kier molecular flexibility index (Phi) is 8.59. The number of aliphatic hydroxyl groups excluding tert-OH is 1. The van der Waals surface area contributed by atoms with E-state index >= 15 is 0 Å². The SMILES string of the molecule is C=C[C@H]1C[N@]2CC[C@H]1C[C@H]2[C@H](O)c1ccnc2ccc(OC)cc12.NC(Cc1cc(O)c(O)cc1O)C(=O)O. The average molecular weight is 538 g/mol. The van der Waals surface area contributed by atoms with E-state index in [1.807, 2.05) is 24.3 Å². The molecular weight excluding hydrogens is 502 g/mol. The molecule has 3 aliphatic heterocycles. The lowest BCUT2D eigenvalue weighted by molar-refractivity contribution is -0.138. The number of hydrogen-bond acceptors (Lipinski definition) is 9. The standard InChI is InChI=1S/C20H24N2O2.C9H11NO5/c1-3-13-12-22-9-7-14(13)10-19(22)20(23)16-6-8-21-18-5-4-15(24-2)11-17(16)18;10-5(9(14)15)1-4-2-7(12)8(13)3-6(4)11/h3-6,8,11,13-14,19-20,23H,1,7,9-10,12H2,2H3;2-3,5,11-13H,1,10H2,(H,14,15)/t13-,14-,19-,20+;/m0./s1. The minimum atomic E-state index is -1.21. The summed E-state index contributed by atoms with van der Waals surface area (Å²) in [6.07, 6.45) is 5.49. The predicted octanol–water partition coefficient (Wildman–Crippen LogP) is 2.93. The van der Waals surface area contributed by atoms with Crippen LogP contribution in [0.3, 0.4) is 0 Å². The minimum Gasteiger partial charge on any atom is -0.508 e. The van der Waals surface area contributed by atoms with Crippen LogP contribution in [0.5, 0.6) is 23.0 Å². The van der Waals surface area contributed by atoms with Gasteiger partial charge in [-0.3, -0.25) is 14.7 Å². The molecule has 3 aromatic rings. The molecule has 10 nitrogen and oxygen atoms in total. The summed E-state index contributed by atoms with van der Waals surface area (Å²) in [5.41, 5.74) is 7.26. The van der Waals surface area contributed by atoms with Crippen LogP contribution in [0.4, 0.5) is 0 Å². The number of pyridine rings is 1. The minimum absolute atomic E-state index is 0.130. The molecule has 39 heavy (non-hydrogen) atoms. The maximum absolute atomic E-state index is 11.2. The summed E-state index contributed by atoms with van der Waals surface area (Å²) >= 11 is 0. The number of aromatic nitrogens is 1. The van der Waals surface area contributed by atoms with Crippen LogP contribution in [0.25, 0.3) is 10.9 Å². The van der Waals surface area contributed by atoms with Gasteiger partial charge >= 0.3 is 5.97 Å². The lowest BCUT2D eigenvalue weighted by atomic mass is 9.73. The summed E-state index contributed by atoms with van der Waals surface area (Å²) in [7, 11) is 1.66. The second kappa shape index (κ2) is 11.9. The summed E-state index contributed by atoms with van der Waals surface area (Å²) in [6.45, 7) is 6.07. The molecular formula is C29H35N3O7. The molecule has 3 saturated heterocycles. The van der Waals surface area contributed by atoms with Crippen LogP contribution in [0.1, 0.15) is 30.1 Å². The van der Waals surface area contributed by atoms with Gasteiger partial charge < -0.3 is 36.0 Å². The van der Waals surface area contributed by atoms with Crippen molar-refractivity contribution in [3.8, 4) is 23.0 Å². The molecule has 1 unspecified atom stereocenters. The van der Waals surface area contributed by atoms with E-state index in [-0.39, 0.29) is 23.8 Å². The van der Waals surface area contributed by atoms with Crippen LogP contribution in [-0.4, -0.2) is 73.7 Å². The van der Waals surface area contributed by atoms with Crippen molar-refractivity contribution >= 4 is 16.9 Å². The molecule has 0 saturated carbocycles. The van der Waals surface area contributed by atoms with Gasteiger partial charge in [-0.2, -0.15) is 0 Å². The number of nitrogens with two attached hydrogens (primary N) is 1. The third kappa shape index (κ3) is 6.08. The van der Waals surface area contributed by atoms with Crippen LogP contribution in [-0.2, 0) is 11.2 Å². The fraction of sp³-hybridized carbons (Fsp3) is 0.379. The fourth-order valence-corrected chi connectivity index (χ4v) is 5.54. The van der Waals surface area contributed by atoms with E-state index in [0.29, 0.717) is 11.8 Å². The number of ether oxygens (including phenoxy) is 1. The lowest BCUT2D eigenvalue weighted by Crippen LogP contribution is -2.54.